The highest BCUT2D eigenvalue weighted by Gasteiger charge is 2.05. The molecule has 3 nitrogen and oxygen atoms in total. The van der Waals surface area contributed by atoms with Crippen LogP contribution in [0.15, 0.2) is 18.2 Å². The number of rotatable bonds is 6. The van der Waals surface area contributed by atoms with E-state index in [1.807, 2.05) is 6.92 Å². The summed E-state index contributed by atoms with van der Waals surface area (Å²) in [6.45, 7) is 4.79. The Morgan fingerprint density at radius 2 is 2.25 bits per heavy atom. The van der Waals surface area contributed by atoms with E-state index in [1.165, 1.54) is 6.07 Å². The highest BCUT2D eigenvalue weighted by atomic mass is 35.5. The summed E-state index contributed by atoms with van der Waals surface area (Å²) in [4.78, 5) is 0. The first-order valence-corrected chi connectivity index (χ1v) is 5.88. The van der Waals surface area contributed by atoms with E-state index in [9.17, 15) is 5.11 Å². The van der Waals surface area contributed by atoms with Gasteiger partial charge in [-0.2, -0.15) is 0 Å². The standard InChI is InChI=1S/C12H18ClNO2/c1-3-4-7-16-9(2)14-12-6-5-10(15)8-11(12)13/h5-6,8-9,14-15H,3-4,7H2,1-2H3. The molecule has 0 saturated heterocycles. The van der Waals surface area contributed by atoms with Gasteiger partial charge in [0, 0.05) is 12.7 Å². The molecule has 1 unspecified atom stereocenters. The van der Waals surface area contributed by atoms with Crippen molar-refractivity contribution in [3.05, 3.63) is 23.2 Å². The predicted octanol–water partition coefficient (Wildman–Crippen LogP) is 3.62. The summed E-state index contributed by atoms with van der Waals surface area (Å²) in [6.07, 6.45) is 2.08. The van der Waals surface area contributed by atoms with Crippen molar-refractivity contribution in [3.8, 4) is 5.75 Å². The highest BCUT2D eigenvalue weighted by Crippen LogP contribution is 2.26. The maximum Gasteiger partial charge on any atom is 0.124 e. The van der Waals surface area contributed by atoms with Crippen LogP contribution in [0.25, 0.3) is 0 Å². The van der Waals surface area contributed by atoms with Gasteiger partial charge in [0.25, 0.3) is 0 Å². The van der Waals surface area contributed by atoms with Crippen LogP contribution in [0.1, 0.15) is 26.7 Å². The first-order valence-electron chi connectivity index (χ1n) is 5.50. The molecule has 90 valence electrons. The number of benzene rings is 1. The van der Waals surface area contributed by atoms with Crippen molar-refractivity contribution in [2.24, 2.45) is 0 Å². The fourth-order valence-electron chi connectivity index (χ4n) is 1.29. The van der Waals surface area contributed by atoms with Gasteiger partial charge in [-0.1, -0.05) is 24.9 Å². The number of hydrogen-bond acceptors (Lipinski definition) is 3. The van der Waals surface area contributed by atoms with Gasteiger partial charge in [-0.25, -0.2) is 0 Å². The van der Waals surface area contributed by atoms with Crippen LogP contribution >= 0.6 is 11.6 Å². The molecule has 1 rings (SSSR count). The molecule has 0 bridgehead atoms. The predicted molar refractivity (Wildman–Crippen MR) is 67.1 cm³/mol. The molecule has 1 aromatic rings. The van der Waals surface area contributed by atoms with Crippen LogP contribution in [0.2, 0.25) is 5.02 Å². The van der Waals surface area contributed by atoms with E-state index in [2.05, 4.69) is 12.2 Å². The van der Waals surface area contributed by atoms with Crippen LogP contribution in [0.5, 0.6) is 5.75 Å². The van der Waals surface area contributed by atoms with E-state index in [4.69, 9.17) is 16.3 Å². The van der Waals surface area contributed by atoms with Crippen molar-refractivity contribution in [3.63, 3.8) is 0 Å². The third kappa shape index (κ3) is 4.29. The van der Waals surface area contributed by atoms with E-state index in [-0.39, 0.29) is 12.0 Å². The molecule has 0 amide bonds. The molecule has 0 aliphatic carbocycles. The van der Waals surface area contributed by atoms with Crippen molar-refractivity contribution in [2.75, 3.05) is 11.9 Å². The van der Waals surface area contributed by atoms with Crippen LogP contribution in [-0.2, 0) is 4.74 Å². The van der Waals surface area contributed by atoms with E-state index in [1.54, 1.807) is 12.1 Å². The molecule has 0 heterocycles. The molecular weight excluding hydrogens is 226 g/mol. The molecule has 0 fully saturated rings. The van der Waals surface area contributed by atoms with Gasteiger partial charge in [0.2, 0.25) is 0 Å². The monoisotopic (exact) mass is 243 g/mol. The number of phenols is 1. The molecule has 0 radical (unpaired) electrons. The van der Waals surface area contributed by atoms with Crippen LogP contribution in [0.4, 0.5) is 5.69 Å². The number of nitrogens with one attached hydrogen (secondary N) is 1. The lowest BCUT2D eigenvalue weighted by Crippen LogP contribution is -2.19. The first-order chi connectivity index (χ1) is 7.63. The van der Waals surface area contributed by atoms with E-state index in [0.29, 0.717) is 5.02 Å². The zero-order chi connectivity index (χ0) is 12.0. The SMILES string of the molecule is CCCCOC(C)Nc1ccc(O)cc1Cl. The van der Waals surface area contributed by atoms with Crippen LogP contribution < -0.4 is 5.32 Å². The Hall–Kier alpha value is -0.930. The fraction of sp³-hybridized carbons (Fsp3) is 0.500. The summed E-state index contributed by atoms with van der Waals surface area (Å²) in [5.41, 5.74) is 0.767. The Morgan fingerprint density at radius 3 is 2.88 bits per heavy atom. The summed E-state index contributed by atoms with van der Waals surface area (Å²) < 4.78 is 5.54. The minimum absolute atomic E-state index is 0.0893. The van der Waals surface area contributed by atoms with Crippen molar-refractivity contribution in [1.29, 1.82) is 0 Å². The molecular formula is C12H18ClNO2. The lowest BCUT2D eigenvalue weighted by molar-refractivity contribution is 0.0825. The molecule has 0 saturated carbocycles. The van der Waals surface area contributed by atoms with Crippen LogP contribution in [-0.4, -0.2) is 17.9 Å². The molecule has 1 aromatic carbocycles. The second-order valence-corrected chi connectivity index (χ2v) is 4.08. The van der Waals surface area contributed by atoms with Gasteiger partial charge in [0.05, 0.1) is 10.7 Å². The van der Waals surface area contributed by atoms with Gasteiger partial charge in [-0.05, 0) is 25.5 Å². The number of phenolic OH excluding ortho intramolecular Hbond substituents is 1. The highest BCUT2D eigenvalue weighted by molar-refractivity contribution is 6.33. The van der Waals surface area contributed by atoms with Crippen LogP contribution in [0.3, 0.4) is 0 Å². The second kappa shape index (κ2) is 6.61. The number of anilines is 1. The second-order valence-electron chi connectivity index (χ2n) is 3.68. The number of hydrogen-bond donors (Lipinski definition) is 2. The zero-order valence-electron chi connectivity index (χ0n) is 9.66. The van der Waals surface area contributed by atoms with Gasteiger partial charge in [0.1, 0.15) is 12.0 Å². The fourth-order valence-corrected chi connectivity index (χ4v) is 1.52. The van der Waals surface area contributed by atoms with Crippen molar-refractivity contribution >= 4 is 17.3 Å². The smallest absolute Gasteiger partial charge is 0.124 e. The zero-order valence-corrected chi connectivity index (χ0v) is 10.4. The Balaban J connectivity index is 2.46. The Kier molecular flexibility index (Phi) is 5.43. The van der Waals surface area contributed by atoms with Crippen molar-refractivity contribution < 1.29 is 9.84 Å². The average molecular weight is 244 g/mol. The van der Waals surface area contributed by atoms with Gasteiger partial charge in [-0.3, -0.25) is 0 Å². The van der Waals surface area contributed by atoms with Gasteiger partial charge in [-0.15, -0.1) is 0 Å². The van der Waals surface area contributed by atoms with Crippen molar-refractivity contribution in [1.82, 2.24) is 0 Å². The Labute approximate surface area is 101 Å². The molecule has 0 aliphatic heterocycles. The maximum absolute atomic E-state index is 9.20. The van der Waals surface area contributed by atoms with Crippen LogP contribution in [0, 0.1) is 0 Å². The van der Waals surface area contributed by atoms with E-state index < -0.39 is 0 Å². The summed E-state index contributed by atoms with van der Waals surface area (Å²) >= 11 is 5.96. The Morgan fingerprint density at radius 1 is 1.50 bits per heavy atom. The number of halogens is 1. The van der Waals surface area contributed by atoms with Gasteiger partial charge >= 0.3 is 0 Å². The van der Waals surface area contributed by atoms with Crippen molar-refractivity contribution in [2.45, 2.75) is 32.9 Å². The molecule has 0 aromatic heterocycles. The average Bonchev–Trinajstić information content (AvgIpc) is 2.23. The lowest BCUT2D eigenvalue weighted by atomic mass is 10.3. The quantitative estimate of drug-likeness (QED) is 0.456. The topological polar surface area (TPSA) is 41.5 Å². The maximum atomic E-state index is 9.20. The van der Waals surface area contributed by atoms with Gasteiger partial charge < -0.3 is 15.2 Å². The first kappa shape index (κ1) is 13.1. The van der Waals surface area contributed by atoms with E-state index >= 15 is 0 Å². The molecule has 16 heavy (non-hydrogen) atoms. The largest absolute Gasteiger partial charge is 0.508 e. The number of unbranched alkanes of at least 4 members (excludes halogenated alkanes) is 1. The molecule has 4 heteroatoms. The summed E-state index contributed by atoms with van der Waals surface area (Å²) in [7, 11) is 0. The summed E-state index contributed by atoms with van der Waals surface area (Å²) in [6, 6.07) is 4.83. The third-order valence-corrected chi connectivity index (χ3v) is 2.49. The summed E-state index contributed by atoms with van der Waals surface area (Å²) in [5, 5.41) is 12.8. The number of ether oxygens (including phenoxy) is 1. The summed E-state index contributed by atoms with van der Waals surface area (Å²) in [5.74, 6) is 0.162. The lowest BCUT2D eigenvalue weighted by Gasteiger charge is -2.17. The Bertz CT molecular complexity index is 331. The molecule has 0 aliphatic rings. The minimum Gasteiger partial charge on any atom is -0.508 e. The van der Waals surface area contributed by atoms with E-state index in [0.717, 1.165) is 25.1 Å². The van der Waals surface area contributed by atoms with Gasteiger partial charge in [0.15, 0.2) is 0 Å². The molecule has 2 N–H and O–H groups in total. The molecule has 0 spiro atoms. The third-order valence-electron chi connectivity index (χ3n) is 2.18. The number of aromatic hydroxyl groups is 1. The normalized spacial score (nSPS) is 12.4. The minimum atomic E-state index is -0.0893. The molecule has 1 atom stereocenters.